The molecule has 1 amide bonds. The van der Waals surface area contributed by atoms with Crippen molar-refractivity contribution in [3.63, 3.8) is 0 Å². The monoisotopic (exact) mass is 436 g/mol. The minimum atomic E-state index is -4.68. The predicted molar refractivity (Wildman–Crippen MR) is 97.9 cm³/mol. The molecule has 0 bridgehead atoms. The summed E-state index contributed by atoms with van der Waals surface area (Å²) in [5.74, 6) is -0.979. The molecule has 11 heteroatoms. The highest BCUT2D eigenvalue weighted by Gasteiger charge is 2.34. The summed E-state index contributed by atoms with van der Waals surface area (Å²) >= 11 is 5.81. The van der Waals surface area contributed by atoms with Crippen LogP contribution in [-0.2, 0) is 21.0 Å². The topological polar surface area (TPSA) is 84.5 Å². The fourth-order valence-electron chi connectivity index (χ4n) is 2.29. The van der Waals surface area contributed by atoms with Gasteiger partial charge in [0.25, 0.3) is 0 Å². The van der Waals surface area contributed by atoms with E-state index in [1.807, 2.05) is 0 Å². The quantitative estimate of drug-likeness (QED) is 0.723. The van der Waals surface area contributed by atoms with Gasteiger partial charge in [-0.2, -0.15) is 17.9 Å². The first-order valence-electron chi connectivity index (χ1n) is 7.78. The van der Waals surface area contributed by atoms with Gasteiger partial charge in [0.1, 0.15) is 10.6 Å². The van der Waals surface area contributed by atoms with Crippen molar-refractivity contribution in [2.24, 2.45) is 0 Å². The summed E-state index contributed by atoms with van der Waals surface area (Å²) in [6.07, 6.45) is -4.68. The second-order valence-corrected chi connectivity index (χ2v) is 7.79. The van der Waals surface area contributed by atoms with E-state index in [0.29, 0.717) is 0 Å². The van der Waals surface area contributed by atoms with E-state index in [2.05, 4.69) is 10.0 Å². The number of ether oxygens (including phenoxy) is 1. The van der Waals surface area contributed by atoms with E-state index in [1.54, 1.807) is 0 Å². The van der Waals surface area contributed by atoms with E-state index in [-0.39, 0.29) is 15.7 Å². The van der Waals surface area contributed by atoms with Crippen molar-refractivity contribution in [2.45, 2.75) is 24.0 Å². The molecule has 2 rings (SSSR count). The summed E-state index contributed by atoms with van der Waals surface area (Å²) in [5.41, 5.74) is -1.53. The highest BCUT2D eigenvalue weighted by Crippen LogP contribution is 2.34. The zero-order valence-corrected chi connectivity index (χ0v) is 16.2. The lowest BCUT2D eigenvalue weighted by atomic mass is 10.1. The molecule has 28 heavy (non-hydrogen) atoms. The predicted octanol–water partition coefficient (Wildman–Crippen LogP) is 3.67. The van der Waals surface area contributed by atoms with Crippen molar-refractivity contribution >= 4 is 33.2 Å². The standard InChI is InChI=1S/C17H16ClF3N2O4S/c1-10(16(24)22-13-6-4-3-5-12(13)17(19,20)21)23-28(25,26)15-9-11(18)7-8-14(15)27-2/h3-10,23H,1-2H3,(H,22,24)/t10-/m0/s1. The van der Waals surface area contributed by atoms with Gasteiger partial charge in [0, 0.05) is 5.02 Å². The highest BCUT2D eigenvalue weighted by atomic mass is 35.5. The van der Waals surface area contributed by atoms with Crippen LogP contribution >= 0.6 is 11.6 Å². The van der Waals surface area contributed by atoms with Crippen LogP contribution in [0.5, 0.6) is 5.75 Å². The fraction of sp³-hybridized carbons (Fsp3) is 0.235. The summed E-state index contributed by atoms with van der Waals surface area (Å²) in [6.45, 7) is 1.19. The Morgan fingerprint density at radius 1 is 1.18 bits per heavy atom. The third-order valence-electron chi connectivity index (χ3n) is 3.63. The number of nitrogens with one attached hydrogen (secondary N) is 2. The number of amides is 1. The lowest BCUT2D eigenvalue weighted by Gasteiger charge is -2.18. The molecule has 0 aliphatic carbocycles. The molecule has 0 radical (unpaired) electrons. The van der Waals surface area contributed by atoms with Crippen molar-refractivity contribution in [2.75, 3.05) is 12.4 Å². The van der Waals surface area contributed by atoms with Gasteiger partial charge in [-0.1, -0.05) is 23.7 Å². The van der Waals surface area contributed by atoms with Crippen LogP contribution in [0.3, 0.4) is 0 Å². The number of sulfonamides is 1. The fourth-order valence-corrected chi connectivity index (χ4v) is 3.93. The van der Waals surface area contributed by atoms with Crippen LogP contribution in [0.15, 0.2) is 47.4 Å². The van der Waals surface area contributed by atoms with Gasteiger partial charge in [0.05, 0.1) is 24.4 Å². The van der Waals surface area contributed by atoms with E-state index in [4.69, 9.17) is 16.3 Å². The van der Waals surface area contributed by atoms with E-state index >= 15 is 0 Å². The van der Waals surface area contributed by atoms with Gasteiger partial charge in [-0.15, -0.1) is 0 Å². The molecule has 0 saturated heterocycles. The van der Waals surface area contributed by atoms with Crippen molar-refractivity contribution in [1.29, 1.82) is 0 Å². The number of benzene rings is 2. The van der Waals surface area contributed by atoms with Crippen LogP contribution in [0, 0.1) is 0 Å². The number of methoxy groups -OCH3 is 1. The van der Waals surface area contributed by atoms with Gasteiger partial charge in [-0.25, -0.2) is 8.42 Å². The average Bonchev–Trinajstić information content (AvgIpc) is 2.60. The third-order valence-corrected chi connectivity index (χ3v) is 5.43. The molecule has 1 atom stereocenters. The van der Waals surface area contributed by atoms with Crippen LogP contribution < -0.4 is 14.8 Å². The number of carbonyl (C=O) groups excluding carboxylic acids is 1. The molecular weight excluding hydrogens is 421 g/mol. The van der Waals surface area contributed by atoms with Crippen LogP contribution in [0.4, 0.5) is 18.9 Å². The molecular formula is C17H16ClF3N2O4S. The molecule has 2 aromatic rings. The molecule has 0 unspecified atom stereocenters. The Morgan fingerprint density at radius 2 is 1.82 bits per heavy atom. The second kappa shape index (κ2) is 8.38. The minimum absolute atomic E-state index is 0.00748. The summed E-state index contributed by atoms with van der Waals surface area (Å²) in [4.78, 5) is 12.0. The molecule has 0 aromatic heterocycles. The van der Waals surface area contributed by atoms with Crippen LogP contribution in [0.1, 0.15) is 12.5 Å². The maximum Gasteiger partial charge on any atom is 0.418 e. The van der Waals surface area contributed by atoms with Crippen LogP contribution in [0.2, 0.25) is 5.02 Å². The van der Waals surface area contributed by atoms with Gasteiger partial charge in [0.15, 0.2) is 0 Å². The van der Waals surface area contributed by atoms with E-state index in [0.717, 1.165) is 18.2 Å². The molecule has 0 aliphatic heterocycles. The third kappa shape index (κ3) is 5.15. The first kappa shape index (κ1) is 22.0. The average molecular weight is 437 g/mol. The van der Waals surface area contributed by atoms with E-state index in [1.165, 1.54) is 38.3 Å². The van der Waals surface area contributed by atoms with E-state index < -0.39 is 39.4 Å². The van der Waals surface area contributed by atoms with Gasteiger partial charge >= 0.3 is 6.18 Å². The second-order valence-electron chi connectivity index (χ2n) is 5.67. The van der Waals surface area contributed by atoms with Crippen molar-refractivity contribution in [1.82, 2.24) is 4.72 Å². The van der Waals surface area contributed by atoms with Crippen molar-refractivity contribution in [3.8, 4) is 5.75 Å². The number of rotatable bonds is 6. The van der Waals surface area contributed by atoms with Crippen molar-refractivity contribution in [3.05, 3.63) is 53.1 Å². The Balaban J connectivity index is 2.23. The molecule has 0 spiro atoms. The minimum Gasteiger partial charge on any atom is -0.495 e. The van der Waals surface area contributed by atoms with Gasteiger partial charge in [0.2, 0.25) is 15.9 Å². The maximum atomic E-state index is 13.0. The number of anilines is 1. The molecule has 0 heterocycles. The number of halogens is 4. The van der Waals surface area contributed by atoms with Gasteiger partial charge in [-0.05, 0) is 37.3 Å². The molecule has 2 aromatic carbocycles. The Morgan fingerprint density at radius 3 is 2.43 bits per heavy atom. The molecule has 6 nitrogen and oxygen atoms in total. The molecule has 0 fully saturated rings. The summed E-state index contributed by atoms with van der Waals surface area (Å²) in [5, 5.41) is 2.21. The van der Waals surface area contributed by atoms with Gasteiger partial charge < -0.3 is 10.1 Å². The number of hydrogen-bond donors (Lipinski definition) is 2. The molecule has 2 N–H and O–H groups in total. The number of hydrogen-bond acceptors (Lipinski definition) is 4. The smallest absolute Gasteiger partial charge is 0.418 e. The lowest BCUT2D eigenvalue weighted by molar-refractivity contribution is -0.137. The first-order valence-corrected chi connectivity index (χ1v) is 9.65. The zero-order chi connectivity index (χ0) is 21.1. The maximum absolute atomic E-state index is 13.0. The van der Waals surface area contributed by atoms with Crippen molar-refractivity contribution < 1.29 is 31.1 Å². The summed E-state index contributed by atoms with van der Waals surface area (Å²) < 4.78 is 71.2. The zero-order valence-electron chi connectivity index (χ0n) is 14.7. The number of para-hydroxylation sites is 1. The molecule has 0 aliphatic rings. The Kier molecular flexibility index (Phi) is 6.58. The van der Waals surface area contributed by atoms with E-state index in [9.17, 15) is 26.4 Å². The van der Waals surface area contributed by atoms with Gasteiger partial charge in [-0.3, -0.25) is 4.79 Å². The number of alkyl halides is 3. The van der Waals surface area contributed by atoms with Crippen LogP contribution in [-0.4, -0.2) is 27.5 Å². The molecule has 0 saturated carbocycles. The van der Waals surface area contributed by atoms with Crippen LogP contribution in [0.25, 0.3) is 0 Å². The first-order chi connectivity index (χ1) is 13.0. The highest BCUT2D eigenvalue weighted by molar-refractivity contribution is 7.89. The summed E-state index contributed by atoms with van der Waals surface area (Å²) in [6, 6.07) is 6.88. The number of carbonyl (C=O) groups is 1. The summed E-state index contributed by atoms with van der Waals surface area (Å²) in [7, 11) is -2.99. The Labute approximate surface area is 164 Å². The normalized spacial score (nSPS) is 13.1. The lowest BCUT2D eigenvalue weighted by Crippen LogP contribution is -2.41. The Hall–Kier alpha value is -2.30. The Bertz CT molecular complexity index is 981. The SMILES string of the molecule is COc1ccc(Cl)cc1S(=O)(=O)N[C@@H](C)C(=O)Nc1ccccc1C(F)(F)F. The molecule has 152 valence electrons. The largest absolute Gasteiger partial charge is 0.495 e.